The molecule has 0 saturated carbocycles. The van der Waals surface area contributed by atoms with Crippen molar-refractivity contribution in [2.75, 3.05) is 13.1 Å². The van der Waals surface area contributed by atoms with Crippen LogP contribution in [0.15, 0.2) is 24.3 Å². The minimum atomic E-state index is -0.454. The standard InChI is InChI=1S/C15H15N3O4/c19-12-6-5-9(17-12)7-16-13(20)8-18-14(21)10-3-1-2-4-11(10)15(18)22/h1-4,9H,5-8H2,(H,16,20)(H,17,19). The van der Waals surface area contributed by atoms with Crippen LogP contribution in [0.3, 0.4) is 0 Å². The number of carbonyl (C=O) groups is 4. The highest BCUT2D eigenvalue weighted by molar-refractivity contribution is 6.22. The van der Waals surface area contributed by atoms with E-state index >= 15 is 0 Å². The smallest absolute Gasteiger partial charge is 0.262 e. The van der Waals surface area contributed by atoms with E-state index in [1.54, 1.807) is 24.3 Å². The summed E-state index contributed by atoms with van der Waals surface area (Å²) >= 11 is 0. The van der Waals surface area contributed by atoms with Gasteiger partial charge in [0.2, 0.25) is 11.8 Å². The molecule has 7 heteroatoms. The van der Waals surface area contributed by atoms with Crippen molar-refractivity contribution in [1.29, 1.82) is 0 Å². The third-order valence-electron chi connectivity index (χ3n) is 3.81. The average molecular weight is 301 g/mol. The number of carbonyl (C=O) groups excluding carboxylic acids is 4. The van der Waals surface area contributed by atoms with Gasteiger partial charge in [0.05, 0.1) is 11.1 Å². The third-order valence-corrected chi connectivity index (χ3v) is 3.81. The fraction of sp³-hybridized carbons (Fsp3) is 0.333. The van der Waals surface area contributed by atoms with Crippen LogP contribution in [0, 0.1) is 0 Å². The van der Waals surface area contributed by atoms with Crippen LogP contribution in [0.1, 0.15) is 33.6 Å². The molecule has 0 radical (unpaired) electrons. The van der Waals surface area contributed by atoms with Crippen molar-refractivity contribution in [1.82, 2.24) is 15.5 Å². The summed E-state index contributed by atoms with van der Waals surface area (Å²) in [6.07, 6.45) is 1.13. The van der Waals surface area contributed by atoms with Crippen LogP contribution in [-0.4, -0.2) is 47.7 Å². The Bertz CT molecular complexity index is 636. The molecular weight excluding hydrogens is 286 g/mol. The Hall–Kier alpha value is -2.70. The van der Waals surface area contributed by atoms with E-state index in [0.29, 0.717) is 30.5 Å². The van der Waals surface area contributed by atoms with Gasteiger partial charge >= 0.3 is 0 Å². The highest BCUT2D eigenvalue weighted by Gasteiger charge is 2.36. The van der Waals surface area contributed by atoms with E-state index in [2.05, 4.69) is 10.6 Å². The van der Waals surface area contributed by atoms with Crippen molar-refractivity contribution in [2.45, 2.75) is 18.9 Å². The third kappa shape index (κ3) is 2.57. The lowest BCUT2D eigenvalue weighted by molar-refractivity contribution is -0.122. The lowest BCUT2D eigenvalue weighted by atomic mass is 10.1. The van der Waals surface area contributed by atoms with Crippen LogP contribution in [0.5, 0.6) is 0 Å². The van der Waals surface area contributed by atoms with Crippen LogP contribution < -0.4 is 10.6 Å². The van der Waals surface area contributed by atoms with Crippen molar-refractivity contribution in [3.8, 4) is 0 Å². The number of hydrogen-bond acceptors (Lipinski definition) is 4. The van der Waals surface area contributed by atoms with Crippen LogP contribution in [0.25, 0.3) is 0 Å². The van der Waals surface area contributed by atoms with Gasteiger partial charge in [-0.25, -0.2) is 0 Å². The average Bonchev–Trinajstić information content (AvgIpc) is 3.03. The van der Waals surface area contributed by atoms with Gasteiger partial charge in [0.25, 0.3) is 11.8 Å². The second-order valence-corrected chi connectivity index (χ2v) is 5.35. The molecule has 2 heterocycles. The summed E-state index contributed by atoms with van der Waals surface area (Å²) in [5, 5.41) is 5.37. The number of nitrogens with one attached hydrogen (secondary N) is 2. The molecule has 0 spiro atoms. The predicted molar refractivity (Wildman–Crippen MR) is 76.0 cm³/mol. The Morgan fingerprint density at radius 1 is 1.18 bits per heavy atom. The molecule has 1 atom stereocenters. The fourth-order valence-electron chi connectivity index (χ4n) is 2.65. The van der Waals surface area contributed by atoms with Crippen molar-refractivity contribution in [2.24, 2.45) is 0 Å². The van der Waals surface area contributed by atoms with Gasteiger partial charge in [0.1, 0.15) is 6.54 Å². The summed E-state index contributed by atoms with van der Waals surface area (Å²) in [4.78, 5) is 48.1. The molecule has 4 amide bonds. The Kier molecular flexibility index (Phi) is 3.62. The van der Waals surface area contributed by atoms with Gasteiger partial charge in [-0.05, 0) is 18.6 Å². The molecule has 2 aliphatic heterocycles. The highest BCUT2D eigenvalue weighted by atomic mass is 16.2. The molecule has 1 unspecified atom stereocenters. The van der Waals surface area contributed by atoms with Gasteiger partial charge in [0, 0.05) is 19.0 Å². The molecule has 1 aromatic rings. The molecule has 0 bridgehead atoms. The summed E-state index contributed by atoms with van der Waals surface area (Å²) in [5.41, 5.74) is 0.645. The quantitative estimate of drug-likeness (QED) is 0.745. The van der Waals surface area contributed by atoms with E-state index in [-0.39, 0.29) is 18.5 Å². The largest absolute Gasteiger partial charge is 0.352 e. The molecule has 3 rings (SSSR count). The monoisotopic (exact) mass is 301 g/mol. The number of imide groups is 1. The lowest BCUT2D eigenvalue weighted by Crippen LogP contribution is -2.44. The van der Waals surface area contributed by atoms with Crippen LogP contribution in [-0.2, 0) is 9.59 Å². The SMILES string of the molecule is O=C(CN1C(=O)c2ccccc2C1=O)NCC1CCC(=O)N1. The molecule has 0 aliphatic carbocycles. The topological polar surface area (TPSA) is 95.6 Å². The second-order valence-electron chi connectivity index (χ2n) is 5.35. The zero-order valence-electron chi connectivity index (χ0n) is 11.8. The highest BCUT2D eigenvalue weighted by Crippen LogP contribution is 2.21. The zero-order valence-corrected chi connectivity index (χ0v) is 11.8. The lowest BCUT2D eigenvalue weighted by Gasteiger charge is -2.15. The molecule has 0 aromatic heterocycles. The fourth-order valence-corrected chi connectivity index (χ4v) is 2.65. The van der Waals surface area contributed by atoms with Crippen LogP contribution in [0.4, 0.5) is 0 Å². The van der Waals surface area contributed by atoms with Gasteiger partial charge in [-0.2, -0.15) is 0 Å². The van der Waals surface area contributed by atoms with Crippen LogP contribution in [0.2, 0.25) is 0 Å². The van der Waals surface area contributed by atoms with E-state index in [1.165, 1.54) is 0 Å². The summed E-state index contributed by atoms with van der Waals surface area (Å²) in [5.74, 6) is -1.36. The molecule has 2 N–H and O–H groups in total. The van der Waals surface area contributed by atoms with Gasteiger partial charge in [-0.15, -0.1) is 0 Å². The Morgan fingerprint density at radius 3 is 2.36 bits per heavy atom. The van der Waals surface area contributed by atoms with E-state index in [0.717, 1.165) is 4.90 Å². The first-order valence-electron chi connectivity index (χ1n) is 7.07. The second kappa shape index (κ2) is 5.59. The number of fused-ring (bicyclic) bond motifs is 1. The first kappa shape index (κ1) is 14.2. The predicted octanol–water partition coefficient (Wildman–Crippen LogP) is -0.323. The van der Waals surface area contributed by atoms with E-state index in [4.69, 9.17) is 0 Å². The molecule has 2 aliphatic rings. The number of amides is 4. The first-order chi connectivity index (χ1) is 10.6. The Labute approximate surface area is 126 Å². The van der Waals surface area contributed by atoms with E-state index < -0.39 is 17.7 Å². The van der Waals surface area contributed by atoms with Crippen molar-refractivity contribution < 1.29 is 19.2 Å². The minimum Gasteiger partial charge on any atom is -0.352 e. The van der Waals surface area contributed by atoms with Crippen molar-refractivity contribution in [3.05, 3.63) is 35.4 Å². The minimum absolute atomic E-state index is 0.0282. The summed E-state index contributed by atoms with van der Waals surface area (Å²) in [6.45, 7) is -0.0131. The molecule has 1 saturated heterocycles. The van der Waals surface area contributed by atoms with Crippen molar-refractivity contribution >= 4 is 23.6 Å². The summed E-state index contributed by atoms with van der Waals surface area (Å²) in [7, 11) is 0. The maximum Gasteiger partial charge on any atom is 0.262 e. The molecule has 114 valence electrons. The van der Waals surface area contributed by atoms with Gasteiger partial charge in [-0.1, -0.05) is 12.1 Å². The van der Waals surface area contributed by atoms with E-state index in [9.17, 15) is 19.2 Å². The van der Waals surface area contributed by atoms with Crippen molar-refractivity contribution in [3.63, 3.8) is 0 Å². The molecular formula is C15H15N3O4. The van der Waals surface area contributed by atoms with Crippen LogP contribution >= 0.6 is 0 Å². The molecule has 7 nitrogen and oxygen atoms in total. The molecule has 22 heavy (non-hydrogen) atoms. The maximum atomic E-state index is 12.1. The van der Waals surface area contributed by atoms with E-state index in [1.807, 2.05) is 0 Å². The normalized spacial score (nSPS) is 20.1. The summed E-state index contributed by atoms with van der Waals surface area (Å²) < 4.78 is 0. The van der Waals surface area contributed by atoms with Gasteiger partial charge < -0.3 is 10.6 Å². The summed E-state index contributed by atoms with van der Waals surface area (Å²) in [6, 6.07) is 6.41. The molecule has 1 fully saturated rings. The van der Waals surface area contributed by atoms with Gasteiger partial charge in [-0.3, -0.25) is 24.1 Å². The zero-order chi connectivity index (χ0) is 15.7. The Balaban J connectivity index is 1.57. The number of rotatable bonds is 4. The first-order valence-corrected chi connectivity index (χ1v) is 7.07. The number of benzene rings is 1. The number of nitrogens with zero attached hydrogens (tertiary/aromatic N) is 1. The number of hydrogen-bond donors (Lipinski definition) is 2. The maximum absolute atomic E-state index is 12.1. The van der Waals surface area contributed by atoms with Gasteiger partial charge in [0.15, 0.2) is 0 Å². The molecule has 1 aromatic carbocycles. The Morgan fingerprint density at radius 2 is 1.82 bits per heavy atom.